The van der Waals surface area contributed by atoms with E-state index in [1.54, 1.807) is 4.90 Å². The summed E-state index contributed by atoms with van der Waals surface area (Å²) in [5.41, 5.74) is 5.58. The molecular weight excluding hydrogens is 402 g/mol. The topological polar surface area (TPSA) is 35.9 Å². The number of rotatable bonds is 4. The summed E-state index contributed by atoms with van der Waals surface area (Å²) in [7, 11) is 2.13. The minimum absolute atomic E-state index is 0.0161. The van der Waals surface area contributed by atoms with Crippen LogP contribution >= 0.6 is 11.8 Å². The van der Waals surface area contributed by atoms with Crippen molar-refractivity contribution in [1.82, 2.24) is 4.90 Å². The molecule has 0 atom stereocenters. The smallest absolute Gasteiger partial charge is 0.266 e. The van der Waals surface area contributed by atoms with Crippen LogP contribution in [-0.4, -0.2) is 35.1 Å². The van der Waals surface area contributed by atoms with E-state index in [-0.39, 0.29) is 11.4 Å². The van der Waals surface area contributed by atoms with Crippen molar-refractivity contribution in [3.05, 3.63) is 70.6 Å². The van der Waals surface area contributed by atoms with E-state index in [1.807, 2.05) is 36.4 Å². The van der Waals surface area contributed by atoms with Gasteiger partial charge in [0.05, 0.1) is 16.1 Å². The third-order valence-electron chi connectivity index (χ3n) is 5.86. The molecule has 0 radical (unpaired) electrons. The van der Waals surface area contributed by atoms with Gasteiger partial charge in [-0.2, -0.15) is 0 Å². The average molecular weight is 432 g/mol. The molecule has 2 aliphatic heterocycles. The molecule has 1 amide bonds. The number of carbonyl (C=O) groups is 1. The first-order valence-corrected chi connectivity index (χ1v) is 11.5. The van der Waals surface area contributed by atoms with Gasteiger partial charge in [-0.05, 0) is 80.4 Å². The van der Waals surface area contributed by atoms with Crippen molar-refractivity contribution >= 4 is 45.9 Å². The highest BCUT2D eigenvalue weighted by atomic mass is 32.2. The highest BCUT2D eigenvalue weighted by molar-refractivity contribution is 8.18. The van der Waals surface area contributed by atoms with Crippen LogP contribution in [0.25, 0.3) is 11.6 Å². The highest BCUT2D eigenvalue weighted by Gasteiger charge is 2.33. The van der Waals surface area contributed by atoms with Crippen LogP contribution in [0.5, 0.6) is 0 Å². The van der Waals surface area contributed by atoms with E-state index in [2.05, 4.69) is 63.9 Å². The number of fused-ring (bicyclic) bond motifs is 1. The van der Waals surface area contributed by atoms with Crippen molar-refractivity contribution in [3.63, 3.8) is 0 Å². The van der Waals surface area contributed by atoms with Crippen LogP contribution in [0.1, 0.15) is 45.2 Å². The quantitative estimate of drug-likeness (QED) is 0.531. The van der Waals surface area contributed by atoms with Gasteiger partial charge < -0.3 is 4.90 Å². The molecule has 5 heteroatoms. The molecular formula is C26H29N3OS. The molecule has 0 bridgehead atoms. The Kier molecular flexibility index (Phi) is 5.80. The second-order valence-electron chi connectivity index (χ2n) is 8.61. The Balaban J connectivity index is 1.68. The number of amidine groups is 1. The van der Waals surface area contributed by atoms with E-state index in [9.17, 15) is 4.79 Å². The lowest BCUT2D eigenvalue weighted by Crippen LogP contribution is -2.42. The van der Waals surface area contributed by atoms with E-state index in [1.165, 1.54) is 28.6 Å². The van der Waals surface area contributed by atoms with Crippen molar-refractivity contribution < 1.29 is 4.79 Å². The fraction of sp³-hybridized carbons (Fsp3) is 0.308. The number of amides is 1. The van der Waals surface area contributed by atoms with Gasteiger partial charge in [0.25, 0.3) is 5.91 Å². The number of hydrogen-bond acceptors (Lipinski definition) is 4. The molecule has 2 aromatic carbocycles. The predicted octanol–water partition coefficient (Wildman–Crippen LogP) is 6.33. The summed E-state index contributed by atoms with van der Waals surface area (Å²) < 4.78 is 0. The predicted molar refractivity (Wildman–Crippen MR) is 134 cm³/mol. The first kappa shape index (κ1) is 21.4. The van der Waals surface area contributed by atoms with Crippen molar-refractivity contribution in [2.75, 3.05) is 18.5 Å². The van der Waals surface area contributed by atoms with Crippen molar-refractivity contribution in [3.8, 4) is 0 Å². The van der Waals surface area contributed by atoms with Gasteiger partial charge in [0.2, 0.25) is 0 Å². The van der Waals surface area contributed by atoms with E-state index in [4.69, 9.17) is 4.99 Å². The molecule has 0 aliphatic carbocycles. The summed E-state index contributed by atoms with van der Waals surface area (Å²) in [6.45, 7) is 9.35. The molecule has 0 spiro atoms. The monoisotopic (exact) mass is 431 g/mol. The third-order valence-corrected chi connectivity index (χ3v) is 6.86. The van der Waals surface area contributed by atoms with E-state index < -0.39 is 0 Å². The maximum Gasteiger partial charge on any atom is 0.266 e. The Hall–Kier alpha value is -2.79. The molecule has 4 rings (SSSR count). The summed E-state index contributed by atoms with van der Waals surface area (Å²) in [6, 6.07) is 16.3. The van der Waals surface area contributed by atoms with E-state index in [0.717, 1.165) is 22.8 Å². The van der Waals surface area contributed by atoms with Crippen molar-refractivity contribution in [2.45, 2.75) is 39.7 Å². The Morgan fingerprint density at radius 2 is 1.87 bits per heavy atom. The molecule has 0 saturated carbocycles. The molecule has 1 fully saturated rings. The second-order valence-corrected chi connectivity index (χ2v) is 9.62. The molecule has 2 aromatic rings. The fourth-order valence-corrected chi connectivity index (χ4v) is 5.07. The zero-order chi connectivity index (χ0) is 22.2. The SMILES string of the molecule is CCCN1C(=O)/C(=C\c2ccc3c(c2)C(C)=CC(C)(C)N3C)SC1=Nc1ccccc1. The van der Waals surface area contributed by atoms with Gasteiger partial charge in [-0.15, -0.1) is 0 Å². The van der Waals surface area contributed by atoms with Crippen LogP contribution in [0.2, 0.25) is 0 Å². The Labute approximate surface area is 189 Å². The molecule has 160 valence electrons. The number of carbonyl (C=O) groups excluding carboxylic acids is 1. The summed E-state index contributed by atoms with van der Waals surface area (Å²) in [4.78, 5) is 22.7. The van der Waals surface area contributed by atoms with Gasteiger partial charge in [0.15, 0.2) is 5.17 Å². The summed E-state index contributed by atoms with van der Waals surface area (Å²) in [5.74, 6) is 0.0322. The largest absolute Gasteiger partial charge is 0.366 e. The highest BCUT2D eigenvalue weighted by Crippen LogP contribution is 2.39. The Morgan fingerprint density at radius 1 is 1.13 bits per heavy atom. The normalized spacial score (nSPS) is 20.4. The molecule has 2 aliphatic rings. The van der Waals surface area contributed by atoms with E-state index in [0.29, 0.717) is 11.4 Å². The van der Waals surface area contributed by atoms with Crippen LogP contribution in [-0.2, 0) is 4.79 Å². The minimum Gasteiger partial charge on any atom is -0.366 e. The lowest BCUT2D eigenvalue weighted by Gasteiger charge is -2.40. The van der Waals surface area contributed by atoms with Gasteiger partial charge in [0, 0.05) is 24.8 Å². The average Bonchev–Trinajstić information content (AvgIpc) is 3.02. The maximum absolute atomic E-state index is 13.1. The standard InChI is InChI=1S/C26H29N3OS/c1-6-14-29-24(30)23(31-25(29)27-20-10-8-7-9-11-20)16-19-12-13-22-21(15-19)18(2)17-26(3,4)28(22)5/h7-13,15-17H,6,14H2,1-5H3/b23-16+,27-25?. The lowest BCUT2D eigenvalue weighted by molar-refractivity contribution is -0.122. The zero-order valence-corrected chi connectivity index (χ0v) is 19.7. The van der Waals surface area contributed by atoms with Crippen LogP contribution in [0.15, 0.2) is 64.5 Å². The number of hydrogen-bond donors (Lipinski definition) is 0. The number of aliphatic imine (C=N–C) groups is 1. The minimum atomic E-state index is -0.0161. The van der Waals surface area contributed by atoms with Crippen LogP contribution in [0.4, 0.5) is 11.4 Å². The number of benzene rings is 2. The van der Waals surface area contributed by atoms with Crippen molar-refractivity contribution in [2.24, 2.45) is 4.99 Å². The summed E-state index contributed by atoms with van der Waals surface area (Å²) in [6.07, 6.45) is 5.18. The number of anilines is 1. The zero-order valence-electron chi connectivity index (χ0n) is 18.8. The number of likely N-dealkylation sites (N-methyl/N-ethyl adjacent to an activating group) is 1. The Bertz CT molecular complexity index is 1100. The van der Waals surface area contributed by atoms with E-state index >= 15 is 0 Å². The molecule has 1 saturated heterocycles. The molecule has 31 heavy (non-hydrogen) atoms. The number of nitrogens with zero attached hydrogens (tertiary/aromatic N) is 3. The van der Waals surface area contributed by atoms with Gasteiger partial charge in [0.1, 0.15) is 0 Å². The van der Waals surface area contributed by atoms with Gasteiger partial charge in [-0.25, -0.2) is 4.99 Å². The molecule has 0 aromatic heterocycles. The van der Waals surface area contributed by atoms with Crippen molar-refractivity contribution in [1.29, 1.82) is 0 Å². The van der Waals surface area contributed by atoms with Crippen LogP contribution < -0.4 is 4.90 Å². The molecule has 4 nitrogen and oxygen atoms in total. The maximum atomic E-state index is 13.1. The van der Waals surface area contributed by atoms with Crippen LogP contribution in [0, 0.1) is 0 Å². The Morgan fingerprint density at radius 3 is 2.58 bits per heavy atom. The first-order chi connectivity index (χ1) is 14.8. The second kappa shape index (κ2) is 8.39. The summed E-state index contributed by atoms with van der Waals surface area (Å²) >= 11 is 1.46. The molecule has 0 unspecified atom stereocenters. The molecule has 0 N–H and O–H groups in total. The van der Waals surface area contributed by atoms with Gasteiger partial charge >= 0.3 is 0 Å². The number of allylic oxidation sites excluding steroid dienone is 1. The third kappa shape index (κ3) is 4.19. The summed E-state index contributed by atoms with van der Waals surface area (Å²) in [5, 5.41) is 0.750. The number of para-hydroxylation sites is 1. The lowest BCUT2D eigenvalue weighted by atomic mass is 9.88. The van der Waals surface area contributed by atoms with Gasteiger partial charge in [-0.1, -0.05) is 37.3 Å². The van der Waals surface area contributed by atoms with Gasteiger partial charge in [-0.3, -0.25) is 9.69 Å². The molecule has 2 heterocycles. The first-order valence-electron chi connectivity index (χ1n) is 10.7. The van der Waals surface area contributed by atoms with Crippen LogP contribution in [0.3, 0.4) is 0 Å². The fourth-order valence-electron chi connectivity index (χ4n) is 4.04. The number of thioether (sulfide) groups is 1.